The Balaban J connectivity index is 2.56. The number of halogens is 1. The maximum Gasteiger partial charge on any atom is 0.250 e. The smallest absolute Gasteiger partial charge is 0.250 e. The normalized spacial score (nSPS) is 26.1. The molecule has 0 spiro atoms. The van der Waals surface area contributed by atoms with Gasteiger partial charge in [0.05, 0.1) is 12.4 Å². The summed E-state index contributed by atoms with van der Waals surface area (Å²) in [5.74, 6) is 0.363. The molecule has 6 nitrogen and oxygen atoms in total. The van der Waals surface area contributed by atoms with E-state index in [1.54, 1.807) is 18.2 Å². The van der Waals surface area contributed by atoms with Gasteiger partial charge in [0.1, 0.15) is 17.4 Å². The van der Waals surface area contributed by atoms with E-state index in [2.05, 4.69) is 55.3 Å². The summed E-state index contributed by atoms with van der Waals surface area (Å²) in [4.78, 5) is 0. The van der Waals surface area contributed by atoms with Gasteiger partial charge < -0.3 is 24.6 Å². The van der Waals surface area contributed by atoms with Crippen LogP contribution in [0.1, 0.15) is 38.7 Å². The average molecular weight is 474 g/mol. The van der Waals surface area contributed by atoms with Crippen LogP contribution in [-0.2, 0) is 9.16 Å². The Morgan fingerprint density at radius 1 is 1.32 bits per heavy atom. The summed E-state index contributed by atoms with van der Waals surface area (Å²) >= 11 is 3.44. The summed E-state index contributed by atoms with van der Waals surface area (Å²) in [6.45, 7) is 10.4. The van der Waals surface area contributed by atoms with Crippen molar-refractivity contribution in [3.8, 4) is 5.75 Å². The van der Waals surface area contributed by atoms with Crippen molar-refractivity contribution in [3.63, 3.8) is 0 Å². The van der Waals surface area contributed by atoms with Gasteiger partial charge in [-0.2, -0.15) is 5.48 Å². The number of aliphatic hydroxyl groups is 1. The van der Waals surface area contributed by atoms with Crippen LogP contribution in [0.15, 0.2) is 34.5 Å². The van der Waals surface area contributed by atoms with Crippen LogP contribution in [0.3, 0.4) is 0 Å². The SMILES string of the molecule is CO[C@H]1C=C(O[Si](C)(C)C(C)(C)C)C[C@H](c2cc(Br)ccc2O)[C@@]1(CO)NO. The number of hydrogen-bond acceptors (Lipinski definition) is 6. The molecule has 0 saturated heterocycles. The van der Waals surface area contributed by atoms with E-state index >= 15 is 0 Å². The van der Waals surface area contributed by atoms with Crippen molar-refractivity contribution in [2.45, 2.75) is 62.9 Å². The number of nitrogens with one attached hydrogen (secondary N) is 1. The second-order valence-electron chi connectivity index (χ2n) is 8.92. The molecule has 1 aliphatic rings. The molecule has 0 aliphatic heterocycles. The maximum absolute atomic E-state index is 10.5. The van der Waals surface area contributed by atoms with Crippen molar-refractivity contribution in [1.82, 2.24) is 5.48 Å². The summed E-state index contributed by atoms with van der Waals surface area (Å²) in [5, 5.41) is 30.8. The van der Waals surface area contributed by atoms with Gasteiger partial charge in [-0.1, -0.05) is 36.7 Å². The number of allylic oxidation sites excluding steroid dienone is 1. The minimum Gasteiger partial charge on any atom is -0.547 e. The summed E-state index contributed by atoms with van der Waals surface area (Å²) in [6, 6.07) is 5.13. The fourth-order valence-electron chi connectivity index (χ4n) is 3.37. The monoisotopic (exact) mass is 473 g/mol. The Kier molecular flexibility index (Phi) is 7.06. The van der Waals surface area contributed by atoms with Gasteiger partial charge in [0.25, 0.3) is 0 Å². The number of hydrogen-bond donors (Lipinski definition) is 4. The van der Waals surface area contributed by atoms with E-state index in [1.807, 2.05) is 6.08 Å². The van der Waals surface area contributed by atoms with Gasteiger partial charge in [-0.05, 0) is 42.4 Å². The molecule has 3 atom stereocenters. The second kappa shape index (κ2) is 8.45. The molecular formula is C20H32BrNO5Si. The van der Waals surface area contributed by atoms with Gasteiger partial charge in [0.15, 0.2) is 0 Å². The Bertz CT molecular complexity index is 728. The first-order valence-corrected chi connectivity index (χ1v) is 13.0. The summed E-state index contributed by atoms with van der Waals surface area (Å²) in [6.07, 6.45) is 1.58. The molecule has 1 aliphatic carbocycles. The number of phenols is 1. The van der Waals surface area contributed by atoms with Crippen LogP contribution in [0, 0.1) is 0 Å². The van der Waals surface area contributed by atoms with Gasteiger partial charge in [0, 0.05) is 29.5 Å². The molecule has 1 aromatic rings. The zero-order valence-corrected chi connectivity index (χ0v) is 20.0. The van der Waals surface area contributed by atoms with Crippen LogP contribution in [0.4, 0.5) is 0 Å². The number of phenolic OH excluding ortho intramolecular Hbond substituents is 1. The van der Waals surface area contributed by atoms with Crippen LogP contribution in [0.25, 0.3) is 0 Å². The first-order valence-electron chi connectivity index (χ1n) is 9.35. The number of rotatable bonds is 6. The highest BCUT2D eigenvalue weighted by Gasteiger charge is 2.51. The number of hydroxylamine groups is 1. The third-order valence-corrected chi connectivity index (χ3v) is 11.0. The van der Waals surface area contributed by atoms with Crippen molar-refractivity contribution < 1.29 is 24.6 Å². The topological polar surface area (TPSA) is 91.2 Å². The number of benzene rings is 1. The third-order valence-electron chi connectivity index (χ3n) is 6.15. The molecule has 0 radical (unpaired) electrons. The van der Waals surface area contributed by atoms with Gasteiger partial charge in [0.2, 0.25) is 8.32 Å². The average Bonchev–Trinajstić information content (AvgIpc) is 2.61. The van der Waals surface area contributed by atoms with Crippen LogP contribution in [0.5, 0.6) is 5.75 Å². The summed E-state index contributed by atoms with van der Waals surface area (Å²) in [7, 11) is -0.574. The minimum absolute atomic E-state index is 0.0184. The van der Waals surface area contributed by atoms with Gasteiger partial charge >= 0.3 is 0 Å². The van der Waals surface area contributed by atoms with E-state index in [-0.39, 0.29) is 17.4 Å². The van der Waals surface area contributed by atoms with Gasteiger partial charge in [-0.3, -0.25) is 0 Å². The Labute approximate surface area is 176 Å². The predicted octanol–water partition coefficient (Wildman–Crippen LogP) is 4.27. The van der Waals surface area contributed by atoms with Crippen molar-refractivity contribution in [1.29, 1.82) is 0 Å². The standard InChI is InChI=1S/C20H32BrNO5Si/c1-19(2,3)28(5,6)27-14-10-16(15-9-13(21)7-8-17(15)24)20(12-23,22-25)18(11-14)26-4/h7-9,11,16,18,22-25H,10,12H2,1-6H3/t16-,18+,20-/m1/s1. The molecule has 0 fully saturated rings. The molecule has 0 bridgehead atoms. The lowest BCUT2D eigenvalue weighted by atomic mass is 9.70. The number of aliphatic hydroxyl groups excluding tert-OH is 1. The van der Waals surface area contributed by atoms with E-state index < -0.39 is 25.9 Å². The molecule has 8 heteroatoms. The zero-order valence-electron chi connectivity index (χ0n) is 17.4. The minimum atomic E-state index is -2.10. The molecular weight excluding hydrogens is 442 g/mol. The van der Waals surface area contributed by atoms with E-state index in [0.29, 0.717) is 12.0 Å². The molecule has 0 unspecified atom stereocenters. The third kappa shape index (κ3) is 4.32. The van der Waals surface area contributed by atoms with Crippen molar-refractivity contribution in [2.75, 3.05) is 13.7 Å². The summed E-state index contributed by atoms with van der Waals surface area (Å²) < 4.78 is 12.9. The lowest BCUT2D eigenvalue weighted by Crippen LogP contribution is -2.62. The van der Waals surface area contributed by atoms with Crippen molar-refractivity contribution in [3.05, 3.63) is 40.1 Å². The Morgan fingerprint density at radius 3 is 2.46 bits per heavy atom. The van der Waals surface area contributed by atoms with Crippen LogP contribution < -0.4 is 5.48 Å². The summed E-state index contributed by atoms with van der Waals surface area (Å²) in [5.41, 5.74) is 1.67. The molecule has 28 heavy (non-hydrogen) atoms. The van der Waals surface area contributed by atoms with Crippen molar-refractivity contribution >= 4 is 24.2 Å². The Morgan fingerprint density at radius 2 is 1.96 bits per heavy atom. The van der Waals surface area contributed by atoms with Gasteiger partial charge in [-0.25, -0.2) is 0 Å². The van der Waals surface area contributed by atoms with E-state index in [9.17, 15) is 15.4 Å². The van der Waals surface area contributed by atoms with E-state index in [4.69, 9.17) is 9.16 Å². The molecule has 0 aromatic heterocycles. The highest BCUT2D eigenvalue weighted by Crippen LogP contribution is 2.47. The molecule has 4 N–H and O–H groups in total. The van der Waals surface area contributed by atoms with Crippen LogP contribution >= 0.6 is 15.9 Å². The van der Waals surface area contributed by atoms with Crippen LogP contribution in [-0.4, -0.2) is 49.1 Å². The fourth-order valence-corrected chi connectivity index (χ4v) is 4.86. The van der Waals surface area contributed by atoms with E-state index in [1.165, 1.54) is 7.11 Å². The number of aromatic hydroxyl groups is 1. The molecule has 0 amide bonds. The molecule has 158 valence electrons. The van der Waals surface area contributed by atoms with Crippen LogP contribution in [0.2, 0.25) is 18.1 Å². The lowest BCUT2D eigenvalue weighted by Gasteiger charge is -2.47. The highest BCUT2D eigenvalue weighted by atomic mass is 79.9. The molecule has 2 rings (SSSR count). The quantitative estimate of drug-likeness (QED) is 0.364. The highest BCUT2D eigenvalue weighted by molar-refractivity contribution is 9.10. The first-order chi connectivity index (χ1) is 12.9. The molecule has 1 aromatic carbocycles. The lowest BCUT2D eigenvalue weighted by molar-refractivity contribution is -0.0761. The second-order valence-corrected chi connectivity index (χ2v) is 14.6. The number of ether oxygens (including phenoxy) is 1. The maximum atomic E-state index is 10.5. The zero-order chi connectivity index (χ0) is 21.3. The van der Waals surface area contributed by atoms with E-state index in [0.717, 1.165) is 10.2 Å². The number of methoxy groups -OCH3 is 1. The molecule has 0 heterocycles. The predicted molar refractivity (Wildman–Crippen MR) is 115 cm³/mol. The largest absolute Gasteiger partial charge is 0.547 e. The fraction of sp³-hybridized carbons (Fsp3) is 0.600. The molecule has 0 saturated carbocycles. The van der Waals surface area contributed by atoms with Gasteiger partial charge in [-0.15, -0.1) is 0 Å². The first kappa shape index (κ1) is 23.4. The van der Waals surface area contributed by atoms with Crippen molar-refractivity contribution in [2.24, 2.45) is 0 Å². The Hall–Kier alpha value is -0.903.